The molecular formula is C18H15FN2O3S3. The van der Waals surface area contributed by atoms with Crippen LogP contribution in [0.25, 0.3) is 6.08 Å². The largest absolute Gasteiger partial charge is 0.293 e. The molecule has 3 rings (SSSR count). The smallest absolute Gasteiger partial charge is 0.266 e. The summed E-state index contributed by atoms with van der Waals surface area (Å²) in [4.78, 5) is 14.6. The predicted molar refractivity (Wildman–Crippen MR) is 108 cm³/mol. The second-order valence-corrected chi connectivity index (χ2v) is 9.06. The number of carbonyl (C=O) groups excluding carboxylic acids is 1. The maximum atomic E-state index is 13.0. The Morgan fingerprint density at radius 2 is 1.74 bits per heavy atom. The molecule has 27 heavy (non-hydrogen) atoms. The number of carbonyl (C=O) groups is 1. The van der Waals surface area contributed by atoms with Crippen molar-refractivity contribution in [2.24, 2.45) is 5.14 Å². The molecule has 0 radical (unpaired) electrons. The van der Waals surface area contributed by atoms with Gasteiger partial charge >= 0.3 is 0 Å². The van der Waals surface area contributed by atoms with E-state index in [1.807, 2.05) is 0 Å². The van der Waals surface area contributed by atoms with Gasteiger partial charge in [-0.15, -0.1) is 0 Å². The molecule has 1 saturated heterocycles. The van der Waals surface area contributed by atoms with Crippen molar-refractivity contribution in [1.82, 2.24) is 4.90 Å². The zero-order valence-corrected chi connectivity index (χ0v) is 16.4. The van der Waals surface area contributed by atoms with Gasteiger partial charge in [0.15, 0.2) is 0 Å². The van der Waals surface area contributed by atoms with E-state index in [1.165, 1.54) is 40.9 Å². The number of hydrogen-bond donors (Lipinski definition) is 1. The van der Waals surface area contributed by atoms with Crippen LogP contribution in [0.4, 0.5) is 4.39 Å². The lowest BCUT2D eigenvalue weighted by Gasteiger charge is -2.14. The first-order valence-electron chi connectivity index (χ1n) is 7.87. The van der Waals surface area contributed by atoms with Crippen LogP contribution < -0.4 is 5.14 Å². The van der Waals surface area contributed by atoms with E-state index in [0.717, 1.165) is 11.1 Å². The molecule has 9 heteroatoms. The molecule has 0 unspecified atom stereocenters. The fraction of sp³-hybridized carbons (Fsp3) is 0.111. The van der Waals surface area contributed by atoms with Crippen LogP contribution in [0.2, 0.25) is 0 Å². The van der Waals surface area contributed by atoms with E-state index in [2.05, 4.69) is 0 Å². The van der Waals surface area contributed by atoms with Crippen LogP contribution in [0.5, 0.6) is 0 Å². The Labute approximate surface area is 166 Å². The van der Waals surface area contributed by atoms with Gasteiger partial charge in [-0.3, -0.25) is 9.69 Å². The summed E-state index contributed by atoms with van der Waals surface area (Å²) in [6, 6.07) is 12.0. The van der Waals surface area contributed by atoms with Crippen molar-refractivity contribution < 1.29 is 17.6 Å². The summed E-state index contributed by atoms with van der Waals surface area (Å²) in [6.45, 7) is 0.375. The minimum Gasteiger partial charge on any atom is -0.293 e. The number of nitrogens with two attached hydrogens (primary N) is 1. The van der Waals surface area contributed by atoms with Crippen LogP contribution in [0.1, 0.15) is 11.1 Å². The van der Waals surface area contributed by atoms with E-state index >= 15 is 0 Å². The van der Waals surface area contributed by atoms with Gasteiger partial charge in [-0.25, -0.2) is 17.9 Å². The fourth-order valence-electron chi connectivity index (χ4n) is 2.49. The van der Waals surface area contributed by atoms with E-state index in [9.17, 15) is 17.6 Å². The second kappa shape index (κ2) is 7.89. The number of primary sulfonamides is 1. The number of thioether (sulfide) groups is 1. The van der Waals surface area contributed by atoms with Gasteiger partial charge in [-0.1, -0.05) is 48.2 Å². The molecule has 1 aliphatic rings. The van der Waals surface area contributed by atoms with E-state index in [-0.39, 0.29) is 16.6 Å². The first kappa shape index (κ1) is 19.7. The highest BCUT2D eigenvalue weighted by Crippen LogP contribution is 2.32. The summed E-state index contributed by atoms with van der Waals surface area (Å²) in [5.41, 5.74) is 1.58. The van der Waals surface area contributed by atoms with Crippen molar-refractivity contribution in [2.75, 3.05) is 6.54 Å². The molecular weight excluding hydrogens is 407 g/mol. The highest BCUT2D eigenvalue weighted by atomic mass is 32.2. The topological polar surface area (TPSA) is 80.5 Å². The number of amides is 1. The number of thiocarbonyl (C=S) groups is 1. The van der Waals surface area contributed by atoms with Crippen LogP contribution in [0, 0.1) is 5.82 Å². The SMILES string of the molecule is NS(=O)(=O)c1ccc(CCN2C(=O)C(=Cc3ccc(F)cc3)SC2=S)cc1. The average molecular weight is 423 g/mol. The third-order valence-electron chi connectivity index (χ3n) is 3.92. The van der Waals surface area contributed by atoms with E-state index < -0.39 is 10.0 Å². The lowest BCUT2D eigenvalue weighted by atomic mass is 10.1. The van der Waals surface area contributed by atoms with Crippen molar-refractivity contribution >= 4 is 50.3 Å². The number of sulfonamides is 1. The summed E-state index contributed by atoms with van der Waals surface area (Å²) >= 11 is 6.49. The summed E-state index contributed by atoms with van der Waals surface area (Å²) in [7, 11) is -3.73. The van der Waals surface area contributed by atoms with Crippen molar-refractivity contribution in [3.05, 3.63) is 70.4 Å². The van der Waals surface area contributed by atoms with Gasteiger partial charge in [-0.2, -0.15) is 0 Å². The van der Waals surface area contributed by atoms with E-state index in [0.29, 0.717) is 22.2 Å². The third kappa shape index (κ3) is 4.81. The number of benzene rings is 2. The third-order valence-corrected chi connectivity index (χ3v) is 6.22. The highest BCUT2D eigenvalue weighted by Gasteiger charge is 2.31. The Morgan fingerprint density at radius 3 is 2.33 bits per heavy atom. The molecule has 1 amide bonds. The average Bonchev–Trinajstić information content (AvgIpc) is 2.88. The van der Waals surface area contributed by atoms with Crippen molar-refractivity contribution in [2.45, 2.75) is 11.3 Å². The molecule has 0 aliphatic carbocycles. The van der Waals surface area contributed by atoms with Crippen LogP contribution in [-0.4, -0.2) is 30.1 Å². The molecule has 2 N–H and O–H groups in total. The number of halogens is 1. The quantitative estimate of drug-likeness (QED) is 0.592. The van der Waals surface area contributed by atoms with Crippen LogP contribution in [0.3, 0.4) is 0 Å². The fourth-order valence-corrected chi connectivity index (χ4v) is 4.31. The molecule has 1 heterocycles. The van der Waals surface area contributed by atoms with Gasteiger partial charge < -0.3 is 0 Å². The van der Waals surface area contributed by atoms with Crippen molar-refractivity contribution in [3.8, 4) is 0 Å². The normalized spacial score (nSPS) is 16.4. The number of nitrogens with zero attached hydrogens (tertiary/aromatic N) is 1. The molecule has 0 atom stereocenters. The first-order valence-corrected chi connectivity index (χ1v) is 10.6. The molecule has 0 saturated carbocycles. The van der Waals surface area contributed by atoms with Crippen molar-refractivity contribution in [3.63, 3.8) is 0 Å². The van der Waals surface area contributed by atoms with Gasteiger partial charge in [0.1, 0.15) is 10.1 Å². The van der Waals surface area contributed by atoms with E-state index in [4.69, 9.17) is 17.4 Å². The Morgan fingerprint density at radius 1 is 1.11 bits per heavy atom. The van der Waals surface area contributed by atoms with Gasteiger partial charge in [0.05, 0.1) is 9.80 Å². The maximum absolute atomic E-state index is 13.0. The number of hydrogen-bond acceptors (Lipinski definition) is 5. The zero-order chi connectivity index (χ0) is 19.6. The Bertz CT molecular complexity index is 1020. The lowest BCUT2D eigenvalue weighted by molar-refractivity contribution is -0.122. The number of rotatable bonds is 5. The molecule has 2 aromatic rings. The minimum atomic E-state index is -3.73. The Hall–Kier alpha value is -2.07. The molecule has 5 nitrogen and oxygen atoms in total. The first-order chi connectivity index (χ1) is 12.7. The minimum absolute atomic E-state index is 0.0408. The van der Waals surface area contributed by atoms with Crippen molar-refractivity contribution in [1.29, 1.82) is 0 Å². The van der Waals surface area contributed by atoms with Crippen LogP contribution in [-0.2, 0) is 21.2 Å². The summed E-state index contributed by atoms with van der Waals surface area (Å²) < 4.78 is 36.0. The van der Waals surface area contributed by atoms with Gasteiger partial charge in [-0.05, 0) is 47.9 Å². The lowest BCUT2D eigenvalue weighted by Crippen LogP contribution is -2.30. The second-order valence-electron chi connectivity index (χ2n) is 5.82. The summed E-state index contributed by atoms with van der Waals surface area (Å²) in [5, 5.41) is 5.08. The standard InChI is InChI=1S/C18H15FN2O3S3/c19-14-5-1-13(2-6-14)11-16-17(22)21(18(25)26-16)10-9-12-3-7-15(8-4-12)27(20,23)24/h1-8,11H,9-10H2,(H2,20,23,24). The zero-order valence-electron chi connectivity index (χ0n) is 14.0. The van der Waals surface area contributed by atoms with Gasteiger partial charge in [0, 0.05) is 6.54 Å². The maximum Gasteiger partial charge on any atom is 0.266 e. The Balaban J connectivity index is 1.68. The van der Waals surface area contributed by atoms with Gasteiger partial charge in [0.25, 0.3) is 5.91 Å². The molecule has 0 bridgehead atoms. The molecule has 0 aromatic heterocycles. The molecule has 1 fully saturated rings. The van der Waals surface area contributed by atoms with Gasteiger partial charge in [0.2, 0.25) is 10.0 Å². The molecule has 0 spiro atoms. The Kier molecular flexibility index (Phi) is 5.75. The molecule has 2 aromatic carbocycles. The molecule has 1 aliphatic heterocycles. The van der Waals surface area contributed by atoms with E-state index in [1.54, 1.807) is 30.3 Å². The highest BCUT2D eigenvalue weighted by molar-refractivity contribution is 8.26. The summed E-state index contributed by atoms with van der Waals surface area (Å²) in [5.74, 6) is -0.538. The molecule has 140 valence electrons. The van der Waals surface area contributed by atoms with Crippen LogP contribution in [0.15, 0.2) is 58.3 Å². The van der Waals surface area contributed by atoms with Crippen LogP contribution >= 0.6 is 24.0 Å². The predicted octanol–water partition coefficient (Wildman–Crippen LogP) is 2.92. The summed E-state index contributed by atoms with van der Waals surface area (Å²) in [6.07, 6.45) is 2.20. The monoisotopic (exact) mass is 422 g/mol.